The van der Waals surface area contributed by atoms with Gasteiger partial charge in [0.05, 0.1) is 14.2 Å². The van der Waals surface area contributed by atoms with E-state index in [0.29, 0.717) is 17.3 Å². The maximum atomic E-state index is 12.4. The average molecular weight is 428 g/mol. The number of rotatable bonds is 6. The van der Waals surface area contributed by atoms with Gasteiger partial charge < -0.3 is 19.4 Å². The normalized spacial score (nSPS) is 13.2. The number of fused-ring (bicyclic) bond motifs is 1. The van der Waals surface area contributed by atoms with Crippen LogP contribution in [-0.4, -0.2) is 29.7 Å². The minimum Gasteiger partial charge on any atom is -0.497 e. The Bertz CT molecular complexity index is 1320. The van der Waals surface area contributed by atoms with Crippen LogP contribution in [0.2, 0.25) is 0 Å². The first kappa shape index (κ1) is 20.1. The van der Waals surface area contributed by atoms with Crippen LogP contribution >= 0.6 is 0 Å². The monoisotopic (exact) mass is 427 g/mol. The molecule has 1 aliphatic carbocycles. The maximum Gasteiger partial charge on any atom is 0.341 e. The highest BCUT2D eigenvalue weighted by molar-refractivity contribution is 5.99. The number of benzene rings is 2. The van der Waals surface area contributed by atoms with Crippen LogP contribution < -0.4 is 10.1 Å². The van der Waals surface area contributed by atoms with E-state index < -0.39 is 0 Å². The van der Waals surface area contributed by atoms with Crippen molar-refractivity contribution in [3.8, 4) is 16.9 Å². The molecule has 1 saturated carbocycles. The van der Waals surface area contributed by atoms with Gasteiger partial charge >= 0.3 is 5.97 Å². The van der Waals surface area contributed by atoms with Gasteiger partial charge in [-0.25, -0.2) is 9.78 Å². The van der Waals surface area contributed by atoms with Gasteiger partial charge in [-0.1, -0.05) is 12.1 Å². The molecule has 162 valence electrons. The number of aryl methyl sites for hydroxylation is 1. The molecule has 32 heavy (non-hydrogen) atoms. The van der Waals surface area contributed by atoms with E-state index in [9.17, 15) is 4.79 Å². The summed E-state index contributed by atoms with van der Waals surface area (Å²) in [6.45, 7) is 0. The van der Waals surface area contributed by atoms with Crippen molar-refractivity contribution in [2.45, 2.75) is 18.8 Å². The molecule has 2 aromatic heterocycles. The summed E-state index contributed by atoms with van der Waals surface area (Å²) in [6.07, 6.45) is 6.26. The molecule has 0 spiro atoms. The number of esters is 1. The minimum absolute atomic E-state index is 0.389. The quantitative estimate of drug-likeness (QED) is 0.403. The lowest BCUT2D eigenvalue weighted by Gasteiger charge is -2.12. The Morgan fingerprint density at radius 3 is 2.72 bits per heavy atom. The Kier molecular flexibility index (Phi) is 5.05. The van der Waals surface area contributed by atoms with Crippen LogP contribution in [0, 0.1) is 0 Å². The van der Waals surface area contributed by atoms with Gasteiger partial charge in [0.15, 0.2) is 0 Å². The third kappa shape index (κ3) is 3.68. The topological polar surface area (TPSA) is 65.4 Å². The molecule has 5 rings (SSSR count). The van der Waals surface area contributed by atoms with Gasteiger partial charge in [-0.3, -0.25) is 0 Å². The Hall–Kier alpha value is -3.80. The second-order valence-electron chi connectivity index (χ2n) is 8.17. The number of methoxy groups -OCH3 is 2. The highest BCUT2D eigenvalue weighted by atomic mass is 16.5. The van der Waals surface area contributed by atoms with E-state index >= 15 is 0 Å². The molecule has 2 aromatic carbocycles. The van der Waals surface area contributed by atoms with Gasteiger partial charge in [0, 0.05) is 41.6 Å². The number of carbonyl (C=O) groups excluding carboxylic acids is 1. The smallest absolute Gasteiger partial charge is 0.341 e. The molecule has 4 aromatic rings. The number of hydrogen-bond acceptors (Lipinski definition) is 5. The van der Waals surface area contributed by atoms with Crippen molar-refractivity contribution in [2.24, 2.45) is 7.05 Å². The summed E-state index contributed by atoms with van der Waals surface area (Å²) >= 11 is 0. The van der Waals surface area contributed by atoms with Gasteiger partial charge in [-0.15, -0.1) is 0 Å². The highest BCUT2D eigenvalue weighted by Gasteiger charge is 2.26. The summed E-state index contributed by atoms with van der Waals surface area (Å²) in [4.78, 5) is 17.0. The van der Waals surface area contributed by atoms with E-state index in [1.165, 1.54) is 7.11 Å². The molecule has 1 aliphatic rings. The zero-order valence-corrected chi connectivity index (χ0v) is 18.4. The van der Waals surface area contributed by atoms with Crippen molar-refractivity contribution >= 4 is 28.4 Å². The predicted molar refractivity (Wildman–Crippen MR) is 126 cm³/mol. The van der Waals surface area contributed by atoms with Crippen LogP contribution in [0.4, 0.5) is 11.5 Å². The number of hydrogen-bond donors (Lipinski definition) is 1. The Morgan fingerprint density at radius 1 is 1.12 bits per heavy atom. The molecule has 0 bridgehead atoms. The second-order valence-corrected chi connectivity index (χ2v) is 8.17. The van der Waals surface area contributed by atoms with E-state index in [4.69, 9.17) is 9.47 Å². The van der Waals surface area contributed by atoms with Gasteiger partial charge in [0.25, 0.3) is 0 Å². The van der Waals surface area contributed by atoms with Gasteiger partial charge in [0.2, 0.25) is 0 Å². The zero-order chi connectivity index (χ0) is 22.2. The van der Waals surface area contributed by atoms with Crippen LogP contribution in [0.3, 0.4) is 0 Å². The lowest BCUT2D eigenvalue weighted by molar-refractivity contribution is 0.0601. The summed E-state index contributed by atoms with van der Waals surface area (Å²) in [7, 11) is 5.10. The molecule has 0 unspecified atom stereocenters. The fourth-order valence-corrected chi connectivity index (χ4v) is 4.11. The van der Waals surface area contributed by atoms with Crippen LogP contribution in [0.15, 0.2) is 60.9 Å². The fourth-order valence-electron chi connectivity index (χ4n) is 4.11. The van der Waals surface area contributed by atoms with Crippen molar-refractivity contribution in [2.75, 3.05) is 19.5 Å². The summed E-state index contributed by atoms with van der Waals surface area (Å²) < 4.78 is 12.5. The van der Waals surface area contributed by atoms with Crippen molar-refractivity contribution in [3.63, 3.8) is 0 Å². The number of pyridine rings is 1. The molecule has 0 amide bonds. The van der Waals surface area contributed by atoms with E-state index in [0.717, 1.165) is 51.9 Å². The molecular formula is C26H25N3O3. The Balaban J connectivity index is 1.55. The summed E-state index contributed by atoms with van der Waals surface area (Å²) in [5.41, 5.74) is 5.70. The molecule has 0 aliphatic heterocycles. The number of nitrogens with zero attached hydrogens (tertiary/aromatic N) is 2. The molecule has 0 atom stereocenters. The van der Waals surface area contributed by atoms with Gasteiger partial charge in [-0.05, 0) is 66.3 Å². The van der Waals surface area contributed by atoms with Crippen molar-refractivity contribution < 1.29 is 14.3 Å². The van der Waals surface area contributed by atoms with Crippen LogP contribution in [0.5, 0.6) is 5.75 Å². The Labute approximate surface area is 186 Å². The first-order valence-corrected chi connectivity index (χ1v) is 10.7. The first-order valence-electron chi connectivity index (χ1n) is 10.7. The zero-order valence-electron chi connectivity index (χ0n) is 18.4. The van der Waals surface area contributed by atoms with E-state index in [2.05, 4.69) is 39.3 Å². The summed E-state index contributed by atoms with van der Waals surface area (Å²) in [6, 6.07) is 16.1. The maximum absolute atomic E-state index is 12.4. The average Bonchev–Trinajstić information content (AvgIpc) is 3.62. The van der Waals surface area contributed by atoms with Gasteiger partial charge in [-0.2, -0.15) is 0 Å². The molecule has 1 fully saturated rings. The molecule has 1 N–H and O–H groups in total. The number of carbonyl (C=O) groups is 1. The third-order valence-corrected chi connectivity index (χ3v) is 6.00. The third-order valence-electron chi connectivity index (χ3n) is 6.00. The van der Waals surface area contributed by atoms with Crippen molar-refractivity contribution in [1.29, 1.82) is 0 Å². The predicted octanol–water partition coefficient (Wildman–Crippen LogP) is 5.66. The molecule has 6 heteroatoms. The van der Waals surface area contributed by atoms with Crippen molar-refractivity contribution in [1.82, 2.24) is 9.55 Å². The number of aromatic nitrogens is 2. The SMILES string of the molecule is COC(=O)c1cc(C2CC2)cnc1Nc1ccc2c(c1)c(-c1cccc(OC)c1)cn2C. The van der Waals surface area contributed by atoms with Crippen LogP contribution in [-0.2, 0) is 11.8 Å². The summed E-state index contributed by atoms with van der Waals surface area (Å²) in [5, 5.41) is 4.43. The van der Waals surface area contributed by atoms with Crippen molar-refractivity contribution in [3.05, 3.63) is 72.1 Å². The molecule has 0 saturated heterocycles. The lowest BCUT2D eigenvalue weighted by atomic mass is 10.0. The minimum atomic E-state index is -0.389. The fraction of sp³-hybridized carbons (Fsp3) is 0.231. The van der Waals surface area contributed by atoms with Crippen LogP contribution in [0.25, 0.3) is 22.0 Å². The van der Waals surface area contributed by atoms with Gasteiger partial charge in [0.1, 0.15) is 17.1 Å². The van der Waals surface area contributed by atoms with E-state index in [1.807, 2.05) is 43.6 Å². The number of nitrogens with one attached hydrogen (secondary N) is 1. The lowest BCUT2D eigenvalue weighted by Crippen LogP contribution is -2.08. The van der Waals surface area contributed by atoms with Crippen LogP contribution in [0.1, 0.15) is 34.7 Å². The Morgan fingerprint density at radius 2 is 1.97 bits per heavy atom. The van der Waals surface area contributed by atoms with E-state index in [1.54, 1.807) is 7.11 Å². The van der Waals surface area contributed by atoms with E-state index in [-0.39, 0.29) is 5.97 Å². The standard InChI is InChI=1S/C26H25N3O3/c1-29-15-23(17-5-4-6-20(11-17)31-2)21-13-19(9-10-24(21)29)28-25-22(26(30)32-3)12-18(14-27-25)16-7-8-16/h4-6,9-16H,7-8H2,1-3H3,(H,27,28). The first-order chi connectivity index (χ1) is 15.6. The second kappa shape index (κ2) is 8.04. The summed E-state index contributed by atoms with van der Waals surface area (Å²) in [5.74, 6) is 1.43. The number of ether oxygens (including phenoxy) is 2. The molecular weight excluding hydrogens is 402 g/mol. The number of anilines is 2. The molecule has 6 nitrogen and oxygen atoms in total. The largest absolute Gasteiger partial charge is 0.497 e. The molecule has 0 radical (unpaired) electrons. The highest BCUT2D eigenvalue weighted by Crippen LogP contribution is 2.41. The molecule has 2 heterocycles.